The lowest BCUT2D eigenvalue weighted by atomic mass is 10.1. The van der Waals surface area contributed by atoms with E-state index in [1.54, 1.807) is 6.08 Å². The maximum atomic E-state index is 11.3. The van der Waals surface area contributed by atoms with Crippen molar-refractivity contribution in [3.05, 3.63) is 40.4 Å². The summed E-state index contributed by atoms with van der Waals surface area (Å²) in [5, 5.41) is 0. The van der Waals surface area contributed by atoms with Crippen LogP contribution in [-0.2, 0) is 4.79 Å². The monoisotopic (exact) mass is 250 g/mol. The highest BCUT2D eigenvalue weighted by Gasteiger charge is 2.27. The first kappa shape index (κ1) is 9.66. The van der Waals surface area contributed by atoms with E-state index in [-0.39, 0.29) is 5.78 Å². The fraction of sp³-hybridized carbons (Fsp3) is 0.250. The van der Waals surface area contributed by atoms with Gasteiger partial charge in [-0.1, -0.05) is 34.1 Å². The summed E-state index contributed by atoms with van der Waals surface area (Å²) in [6, 6.07) is 7.92. The molecule has 0 aliphatic heterocycles. The summed E-state index contributed by atoms with van der Waals surface area (Å²) in [5.41, 5.74) is 1.07. The van der Waals surface area contributed by atoms with Gasteiger partial charge < -0.3 is 0 Å². The predicted molar refractivity (Wildman–Crippen MR) is 60.9 cm³/mol. The first-order valence-corrected chi connectivity index (χ1v) is 5.52. The summed E-state index contributed by atoms with van der Waals surface area (Å²) >= 11 is 3.37. The van der Waals surface area contributed by atoms with Gasteiger partial charge in [-0.25, -0.2) is 0 Å². The number of halogens is 1. The topological polar surface area (TPSA) is 17.1 Å². The maximum Gasteiger partial charge on any atom is 0.158 e. The van der Waals surface area contributed by atoms with Crippen LogP contribution < -0.4 is 0 Å². The van der Waals surface area contributed by atoms with Gasteiger partial charge in [0.05, 0.1) is 0 Å². The van der Waals surface area contributed by atoms with Crippen molar-refractivity contribution < 1.29 is 4.79 Å². The zero-order chi connectivity index (χ0) is 9.97. The molecule has 0 atom stereocenters. The highest BCUT2D eigenvalue weighted by Crippen LogP contribution is 2.30. The van der Waals surface area contributed by atoms with Crippen LogP contribution >= 0.6 is 15.9 Å². The normalized spacial score (nSPS) is 16.1. The highest BCUT2D eigenvalue weighted by molar-refractivity contribution is 9.10. The van der Waals surface area contributed by atoms with Crippen molar-refractivity contribution in [2.75, 3.05) is 0 Å². The Labute approximate surface area is 92.0 Å². The summed E-state index contributed by atoms with van der Waals surface area (Å²) in [6.45, 7) is 0. The van der Waals surface area contributed by atoms with E-state index >= 15 is 0 Å². The van der Waals surface area contributed by atoms with E-state index in [1.165, 1.54) is 0 Å². The molecule has 1 aromatic rings. The molecule has 1 nitrogen and oxygen atoms in total. The van der Waals surface area contributed by atoms with E-state index in [1.807, 2.05) is 30.3 Å². The fourth-order valence-corrected chi connectivity index (χ4v) is 1.52. The van der Waals surface area contributed by atoms with Crippen molar-refractivity contribution >= 4 is 27.8 Å². The quantitative estimate of drug-likeness (QED) is 0.752. The Morgan fingerprint density at radius 2 is 1.93 bits per heavy atom. The van der Waals surface area contributed by atoms with Gasteiger partial charge in [0.25, 0.3) is 0 Å². The number of benzene rings is 1. The SMILES string of the molecule is O=C(C=Cc1ccc(Br)cc1)C1CC1. The van der Waals surface area contributed by atoms with Crippen molar-refractivity contribution in [1.29, 1.82) is 0 Å². The standard InChI is InChI=1S/C12H11BrO/c13-11-6-1-9(2-7-11)3-8-12(14)10-4-5-10/h1-3,6-8,10H,4-5H2. The minimum Gasteiger partial charge on any atom is -0.295 e. The second-order valence-corrected chi connectivity index (χ2v) is 4.48. The van der Waals surface area contributed by atoms with Gasteiger partial charge in [0.15, 0.2) is 5.78 Å². The molecule has 0 radical (unpaired) electrons. The van der Waals surface area contributed by atoms with Gasteiger partial charge >= 0.3 is 0 Å². The van der Waals surface area contributed by atoms with Crippen LogP contribution in [0.1, 0.15) is 18.4 Å². The van der Waals surface area contributed by atoms with Crippen LogP contribution in [0, 0.1) is 5.92 Å². The predicted octanol–water partition coefficient (Wildman–Crippen LogP) is 3.44. The van der Waals surface area contributed by atoms with Crippen LogP contribution in [0.5, 0.6) is 0 Å². The van der Waals surface area contributed by atoms with Crippen molar-refractivity contribution in [3.63, 3.8) is 0 Å². The Balaban J connectivity index is 2.02. The van der Waals surface area contributed by atoms with Gasteiger partial charge in [0.1, 0.15) is 0 Å². The molecule has 0 bridgehead atoms. The van der Waals surface area contributed by atoms with Gasteiger partial charge in [-0.15, -0.1) is 0 Å². The molecule has 1 aliphatic carbocycles. The largest absolute Gasteiger partial charge is 0.295 e. The number of hydrogen-bond acceptors (Lipinski definition) is 1. The number of allylic oxidation sites excluding steroid dienone is 1. The van der Waals surface area contributed by atoms with Gasteiger partial charge in [0, 0.05) is 10.4 Å². The minimum atomic E-state index is 0.271. The molecule has 2 rings (SSSR count). The Kier molecular flexibility index (Phi) is 2.82. The molecule has 14 heavy (non-hydrogen) atoms. The average molecular weight is 251 g/mol. The van der Waals surface area contributed by atoms with Crippen LogP contribution in [0.3, 0.4) is 0 Å². The molecule has 2 heteroatoms. The Bertz CT molecular complexity index is 360. The molecule has 0 amide bonds. The molecular formula is C12H11BrO. The van der Waals surface area contributed by atoms with E-state index in [9.17, 15) is 4.79 Å². The van der Waals surface area contributed by atoms with E-state index in [0.29, 0.717) is 5.92 Å². The van der Waals surface area contributed by atoms with Crippen LogP contribution in [0.4, 0.5) is 0 Å². The van der Waals surface area contributed by atoms with Gasteiger partial charge in [0.2, 0.25) is 0 Å². The smallest absolute Gasteiger partial charge is 0.158 e. The molecule has 72 valence electrons. The highest BCUT2D eigenvalue weighted by atomic mass is 79.9. The number of carbonyl (C=O) groups excluding carboxylic acids is 1. The second-order valence-electron chi connectivity index (χ2n) is 3.56. The molecule has 0 heterocycles. The minimum absolute atomic E-state index is 0.271. The third-order valence-electron chi connectivity index (χ3n) is 2.29. The van der Waals surface area contributed by atoms with Crippen molar-refractivity contribution in [2.45, 2.75) is 12.8 Å². The fourth-order valence-electron chi connectivity index (χ4n) is 1.26. The lowest BCUT2D eigenvalue weighted by Gasteiger charge is -1.93. The third-order valence-corrected chi connectivity index (χ3v) is 2.82. The number of hydrogen-bond donors (Lipinski definition) is 0. The molecule has 1 saturated carbocycles. The van der Waals surface area contributed by atoms with Crippen LogP contribution in [-0.4, -0.2) is 5.78 Å². The molecular weight excluding hydrogens is 240 g/mol. The number of carbonyl (C=O) groups is 1. The zero-order valence-electron chi connectivity index (χ0n) is 7.74. The Hall–Kier alpha value is -0.890. The first-order valence-electron chi connectivity index (χ1n) is 4.73. The average Bonchev–Trinajstić information content (AvgIpc) is 3.00. The Morgan fingerprint density at radius 3 is 2.50 bits per heavy atom. The maximum absolute atomic E-state index is 11.3. The molecule has 0 N–H and O–H groups in total. The number of rotatable bonds is 3. The molecule has 1 aliphatic rings. The van der Waals surface area contributed by atoms with Crippen molar-refractivity contribution in [2.24, 2.45) is 5.92 Å². The van der Waals surface area contributed by atoms with Crippen LogP contribution in [0.25, 0.3) is 6.08 Å². The molecule has 0 unspecified atom stereocenters. The van der Waals surface area contributed by atoms with Crippen molar-refractivity contribution in [3.8, 4) is 0 Å². The van der Waals surface area contributed by atoms with Gasteiger partial charge in [-0.3, -0.25) is 4.79 Å². The molecule has 0 aromatic heterocycles. The van der Waals surface area contributed by atoms with E-state index in [0.717, 1.165) is 22.9 Å². The molecule has 1 fully saturated rings. The Morgan fingerprint density at radius 1 is 1.29 bits per heavy atom. The van der Waals surface area contributed by atoms with Crippen LogP contribution in [0.15, 0.2) is 34.8 Å². The summed E-state index contributed by atoms with van der Waals surface area (Å²) in [5.74, 6) is 0.592. The molecule has 1 aromatic carbocycles. The van der Waals surface area contributed by atoms with Gasteiger partial charge in [-0.2, -0.15) is 0 Å². The molecule has 0 saturated heterocycles. The summed E-state index contributed by atoms with van der Waals surface area (Å²) in [4.78, 5) is 11.3. The van der Waals surface area contributed by atoms with E-state index in [4.69, 9.17) is 0 Å². The third kappa shape index (κ3) is 2.55. The van der Waals surface area contributed by atoms with Gasteiger partial charge in [-0.05, 0) is 36.6 Å². The first-order chi connectivity index (χ1) is 6.75. The van der Waals surface area contributed by atoms with E-state index in [2.05, 4.69) is 15.9 Å². The lowest BCUT2D eigenvalue weighted by molar-refractivity contribution is -0.115. The lowest BCUT2D eigenvalue weighted by Crippen LogP contribution is -1.93. The summed E-state index contributed by atoms with van der Waals surface area (Å²) < 4.78 is 1.06. The van der Waals surface area contributed by atoms with E-state index < -0.39 is 0 Å². The summed E-state index contributed by atoms with van der Waals surface area (Å²) in [6.07, 6.45) is 5.72. The van der Waals surface area contributed by atoms with Crippen molar-refractivity contribution in [1.82, 2.24) is 0 Å². The zero-order valence-corrected chi connectivity index (χ0v) is 9.33. The second kappa shape index (κ2) is 4.09. The van der Waals surface area contributed by atoms with Crippen LogP contribution in [0.2, 0.25) is 0 Å². The molecule has 0 spiro atoms. The number of ketones is 1. The summed E-state index contributed by atoms with van der Waals surface area (Å²) in [7, 11) is 0.